The zero-order valence-electron chi connectivity index (χ0n) is 15.9. The van der Waals surface area contributed by atoms with Crippen LogP contribution in [0, 0.1) is 0 Å². The Balaban J connectivity index is 1.58. The van der Waals surface area contributed by atoms with Gasteiger partial charge in [0.1, 0.15) is 0 Å². The van der Waals surface area contributed by atoms with Crippen LogP contribution in [0.15, 0.2) is 64.4 Å². The van der Waals surface area contributed by atoms with Gasteiger partial charge in [0.05, 0.1) is 0 Å². The van der Waals surface area contributed by atoms with Gasteiger partial charge in [-0.05, 0) is 42.7 Å². The minimum Gasteiger partial charge on any atom is -0.0901 e. The van der Waals surface area contributed by atoms with Gasteiger partial charge >= 0.3 is 0 Å². The second-order valence-corrected chi connectivity index (χ2v) is 8.14. The molecule has 2 rings (SSSR count). The molecule has 0 aliphatic heterocycles. The molecule has 1 heteroatoms. The monoisotopic (exact) mass is 354 g/mol. The predicted molar refractivity (Wildman–Crippen MR) is 113 cm³/mol. The quantitative estimate of drug-likeness (QED) is 0.326. The lowest BCUT2D eigenvalue weighted by molar-refractivity contribution is 0.556. The van der Waals surface area contributed by atoms with Crippen molar-refractivity contribution in [1.29, 1.82) is 0 Å². The number of rotatable bonds is 13. The first-order chi connectivity index (χ1) is 12.4. The molecule has 25 heavy (non-hydrogen) atoms. The van der Waals surface area contributed by atoms with Crippen LogP contribution in [0.2, 0.25) is 0 Å². The van der Waals surface area contributed by atoms with Crippen LogP contribution < -0.4 is 0 Å². The van der Waals surface area contributed by atoms with Gasteiger partial charge < -0.3 is 0 Å². The molecule has 0 radical (unpaired) electrons. The first-order valence-corrected chi connectivity index (χ1v) is 11.0. The van der Waals surface area contributed by atoms with Gasteiger partial charge in [0.25, 0.3) is 0 Å². The average Bonchev–Trinajstić information content (AvgIpc) is 2.64. The van der Waals surface area contributed by atoms with E-state index in [1.165, 1.54) is 86.0 Å². The lowest BCUT2D eigenvalue weighted by Crippen LogP contribution is -1.87. The van der Waals surface area contributed by atoms with E-state index in [9.17, 15) is 0 Å². The summed E-state index contributed by atoms with van der Waals surface area (Å²) >= 11 is 1.86. The average molecular weight is 355 g/mol. The smallest absolute Gasteiger partial charge is 0.0125 e. The van der Waals surface area contributed by atoms with Gasteiger partial charge in [0.15, 0.2) is 0 Å². The van der Waals surface area contributed by atoms with E-state index in [0.717, 1.165) is 0 Å². The summed E-state index contributed by atoms with van der Waals surface area (Å²) in [7, 11) is 0. The van der Waals surface area contributed by atoms with Crippen molar-refractivity contribution in [2.45, 2.75) is 87.3 Å². The maximum atomic E-state index is 2.37. The minimum absolute atomic E-state index is 1.22. The molecule has 0 saturated heterocycles. The normalized spacial score (nSPS) is 10.9. The first-order valence-electron chi connectivity index (χ1n) is 10.2. The van der Waals surface area contributed by atoms with Crippen LogP contribution in [-0.4, -0.2) is 0 Å². The van der Waals surface area contributed by atoms with E-state index in [4.69, 9.17) is 0 Å². The Labute approximate surface area is 159 Å². The summed E-state index contributed by atoms with van der Waals surface area (Å²) in [6.07, 6.45) is 15.3. The summed E-state index contributed by atoms with van der Waals surface area (Å²) in [5.41, 5.74) is 1.49. The van der Waals surface area contributed by atoms with E-state index in [0.29, 0.717) is 0 Å². The third-order valence-electron chi connectivity index (χ3n) is 4.70. The Morgan fingerprint density at radius 1 is 0.600 bits per heavy atom. The van der Waals surface area contributed by atoms with Gasteiger partial charge in [-0.15, -0.1) is 0 Å². The van der Waals surface area contributed by atoms with Crippen LogP contribution in [0.25, 0.3) is 0 Å². The van der Waals surface area contributed by atoms with E-state index < -0.39 is 0 Å². The highest BCUT2D eigenvalue weighted by Gasteiger charge is 2.00. The largest absolute Gasteiger partial charge is 0.0901 e. The molecule has 2 aromatic rings. The van der Waals surface area contributed by atoms with E-state index in [1.807, 2.05) is 11.8 Å². The number of hydrogen-bond acceptors (Lipinski definition) is 1. The molecule has 0 spiro atoms. The van der Waals surface area contributed by atoms with Crippen molar-refractivity contribution in [3.05, 3.63) is 60.2 Å². The van der Waals surface area contributed by atoms with Crippen molar-refractivity contribution in [3.8, 4) is 0 Å². The summed E-state index contributed by atoms with van der Waals surface area (Å²) in [5, 5.41) is 0. The van der Waals surface area contributed by atoms with Crippen molar-refractivity contribution in [1.82, 2.24) is 0 Å². The minimum atomic E-state index is 1.22. The molecule has 0 nitrogen and oxygen atoms in total. The SMILES string of the molecule is CCCCCCCCCCCCc1cccc(Sc2ccccc2)c1. The number of unbranched alkanes of at least 4 members (excludes halogenated alkanes) is 9. The van der Waals surface area contributed by atoms with E-state index in [-0.39, 0.29) is 0 Å². The van der Waals surface area contributed by atoms with E-state index >= 15 is 0 Å². The number of benzene rings is 2. The maximum absolute atomic E-state index is 2.37. The van der Waals surface area contributed by atoms with Crippen LogP contribution in [0.4, 0.5) is 0 Å². The Morgan fingerprint density at radius 2 is 1.20 bits per heavy atom. The molecule has 0 saturated carbocycles. The molecular formula is C24H34S. The number of aryl methyl sites for hydroxylation is 1. The zero-order chi connectivity index (χ0) is 17.6. The fourth-order valence-corrected chi connectivity index (χ4v) is 4.13. The Kier molecular flexibility index (Phi) is 10.5. The van der Waals surface area contributed by atoms with Crippen molar-refractivity contribution >= 4 is 11.8 Å². The van der Waals surface area contributed by atoms with Gasteiger partial charge in [-0.1, -0.05) is 107 Å². The lowest BCUT2D eigenvalue weighted by atomic mass is 10.0. The van der Waals surface area contributed by atoms with Crippen LogP contribution in [0.3, 0.4) is 0 Å². The molecule has 0 atom stereocenters. The molecule has 0 heterocycles. The molecular weight excluding hydrogens is 320 g/mol. The lowest BCUT2D eigenvalue weighted by Gasteiger charge is -2.06. The van der Waals surface area contributed by atoms with E-state index in [2.05, 4.69) is 61.5 Å². The zero-order valence-corrected chi connectivity index (χ0v) is 16.7. The standard InChI is InChI=1S/C24H34S/c1-2-3-4-5-6-7-8-9-10-12-16-22-17-15-20-24(21-22)25-23-18-13-11-14-19-23/h11,13-15,17-21H,2-10,12,16H2,1H3. The topological polar surface area (TPSA) is 0 Å². The van der Waals surface area contributed by atoms with Crippen molar-refractivity contribution in [2.75, 3.05) is 0 Å². The van der Waals surface area contributed by atoms with Gasteiger partial charge in [0, 0.05) is 9.79 Å². The summed E-state index contributed by atoms with van der Waals surface area (Å²) in [4.78, 5) is 2.68. The second-order valence-electron chi connectivity index (χ2n) is 6.99. The Bertz CT molecular complexity index is 561. The molecule has 0 aliphatic carbocycles. The van der Waals surface area contributed by atoms with E-state index in [1.54, 1.807) is 0 Å². The molecule has 2 aromatic carbocycles. The molecule has 0 N–H and O–H groups in total. The summed E-state index contributed by atoms with van der Waals surface area (Å²) in [6.45, 7) is 2.29. The van der Waals surface area contributed by atoms with Gasteiger partial charge in [0.2, 0.25) is 0 Å². The fraction of sp³-hybridized carbons (Fsp3) is 0.500. The van der Waals surface area contributed by atoms with Crippen LogP contribution in [0.1, 0.15) is 76.7 Å². The van der Waals surface area contributed by atoms with Crippen molar-refractivity contribution in [2.24, 2.45) is 0 Å². The first kappa shape index (κ1) is 20.1. The Hall–Kier alpha value is -1.21. The molecule has 0 aromatic heterocycles. The molecule has 0 unspecified atom stereocenters. The summed E-state index contributed by atoms with van der Waals surface area (Å²) < 4.78 is 0. The van der Waals surface area contributed by atoms with Crippen molar-refractivity contribution in [3.63, 3.8) is 0 Å². The summed E-state index contributed by atoms with van der Waals surface area (Å²) in [5.74, 6) is 0. The van der Waals surface area contributed by atoms with Gasteiger partial charge in [-0.2, -0.15) is 0 Å². The van der Waals surface area contributed by atoms with Crippen LogP contribution >= 0.6 is 11.8 Å². The molecule has 0 aliphatic rings. The second kappa shape index (κ2) is 13.1. The van der Waals surface area contributed by atoms with Gasteiger partial charge in [-0.3, -0.25) is 0 Å². The molecule has 0 bridgehead atoms. The molecule has 0 amide bonds. The van der Waals surface area contributed by atoms with Crippen LogP contribution in [-0.2, 0) is 6.42 Å². The summed E-state index contributed by atoms with van der Waals surface area (Å²) in [6, 6.07) is 19.7. The highest BCUT2D eigenvalue weighted by Crippen LogP contribution is 2.28. The number of hydrogen-bond donors (Lipinski definition) is 0. The highest BCUT2D eigenvalue weighted by atomic mass is 32.2. The molecule has 136 valence electrons. The molecule has 0 fully saturated rings. The van der Waals surface area contributed by atoms with Crippen molar-refractivity contribution < 1.29 is 0 Å². The maximum Gasteiger partial charge on any atom is 0.0125 e. The highest BCUT2D eigenvalue weighted by molar-refractivity contribution is 7.99. The van der Waals surface area contributed by atoms with Gasteiger partial charge in [-0.25, -0.2) is 0 Å². The van der Waals surface area contributed by atoms with Crippen LogP contribution in [0.5, 0.6) is 0 Å². The predicted octanol–water partition coefficient (Wildman–Crippen LogP) is 8.30. The Morgan fingerprint density at radius 3 is 1.88 bits per heavy atom. The third-order valence-corrected chi connectivity index (χ3v) is 5.69. The third kappa shape index (κ3) is 9.16. The fourth-order valence-electron chi connectivity index (χ4n) is 3.21.